The summed E-state index contributed by atoms with van der Waals surface area (Å²) in [5.41, 5.74) is 9.05. The molecule has 2 rings (SSSR count). The highest BCUT2D eigenvalue weighted by atomic mass is 127. The molecule has 0 saturated heterocycles. The number of nitrogens with one attached hydrogen (secondary N) is 1. The van der Waals surface area contributed by atoms with Gasteiger partial charge in [-0.1, -0.05) is 23.8 Å². The molecule has 0 atom stereocenters. The molecule has 0 bridgehead atoms. The molecule has 0 heterocycles. The van der Waals surface area contributed by atoms with Gasteiger partial charge < -0.3 is 20.5 Å². The van der Waals surface area contributed by atoms with E-state index in [0.717, 1.165) is 11.3 Å². The van der Waals surface area contributed by atoms with E-state index in [1.807, 2.05) is 56.3 Å². The molecule has 2 aromatic carbocycles. The van der Waals surface area contributed by atoms with Crippen LogP contribution in [0.3, 0.4) is 0 Å². The Kier molecular flexibility index (Phi) is 8.39. The zero-order valence-electron chi connectivity index (χ0n) is 14.2. The molecule has 2 aromatic rings. The zero-order chi connectivity index (χ0) is 16.7. The number of aryl methyl sites for hydroxylation is 1. The van der Waals surface area contributed by atoms with Gasteiger partial charge in [0.2, 0.25) is 0 Å². The number of benzene rings is 2. The molecule has 6 heteroatoms. The summed E-state index contributed by atoms with van der Waals surface area (Å²) in [5.74, 6) is 1.81. The molecule has 0 amide bonds. The van der Waals surface area contributed by atoms with Crippen LogP contribution in [0.25, 0.3) is 0 Å². The van der Waals surface area contributed by atoms with E-state index in [4.69, 9.17) is 15.2 Å². The van der Waals surface area contributed by atoms with Crippen LogP contribution in [-0.4, -0.2) is 19.7 Å². The number of guanidine groups is 1. The van der Waals surface area contributed by atoms with Crippen molar-refractivity contribution in [2.24, 2.45) is 10.7 Å². The second kappa shape index (κ2) is 10.0. The van der Waals surface area contributed by atoms with Crippen LogP contribution in [0.4, 0.5) is 5.69 Å². The van der Waals surface area contributed by atoms with Crippen LogP contribution >= 0.6 is 24.0 Å². The molecule has 0 aliphatic heterocycles. The van der Waals surface area contributed by atoms with Crippen molar-refractivity contribution in [3.63, 3.8) is 0 Å². The normalized spacial score (nSPS) is 10.7. The Bertz CT molecular complexity index is 672. The first-order chi connectivity index (χ1) is 11.1. The number of nitrogens with two attached hydrogens (primary N) is 1. The summed E-state index contributed by atoms with van der Waals surface area (Å²) in [4.78, 5) is 4.36. The molecular formula is C18H24IN3O2. The fourth-order valence-corrected chi connectivity index (χ4v) is 2.09. The second-order valence-corrected chi connectivity index (χ2v) is 5.11. The summed E-state index contributed by atoms with van der Waals surface area (Å²) in [5, 5.41) is 3.07. The average molecular weight is 441 g/mol. The van der Waals surface area contributed by atoms with Crippen molar-refractivity contribution < 1.29 is 9.47 Å². The predicted molar refractivity (Wildman–Crippen MR) is 110 cm³/mol. The van der Waals surface area contributed by atoms with Crippen molar-refractivity contribution >= 4 is 35.6 Å². The van der Waals surface area contributed by atoms with Gasteiger partial charge in [0.15, 0.2) is 17.5 Å². The minimum absolute atomic E-state index is 0. The first-order valence-electron chi connectivity index (χ1n) is 7.55. The standard InChI is InChI=1S/C18H23N3O2.HI/c1-4-23-17-11-14(7-10-16(17)22-3)12-20-18(19)21-15-8-5-13(2)6-9-15;/h5-11H,4,12H2,1-3H3,(H3,19,20,21);1H. The van der Waals surface area contributed by atoms with Crippen molar-refractivity contribution in [1.29, 1.82) is 0 Å². The maximum absolute atomic E-state index is 5.93. The number of anilines is 1. The van der Waals surface area contributed by atoms with Gasteiger partial charge in [-0.15, -0.1) is 24.0 Å². The lowest BCUT2D eigenvalue weighted by Gasteiger charge is -2.10. The van der Waals surface area contributed by atoms with Crippen molar-refractivity contribution in [1.82, 2.24) is 0 Å². The van der Waals surface area contributed by atoms with E-state index < -0.39 is 0 Å². The predicted octanol–water partition coefficient (Wildman–Crippen LogP) is 3.95. The third-order valence-electron chi connectivity index (χ3n) is 3.28. The minimum atomic E-state index is 0. The zero-order valence-corrected chi connectivity index (χ0v) is 16.5. The van der Waals surface area contributed by atoms with E-state index in [1.54, 1.807) is 7.11 Å². The summed E-state index contributed by atoms with van der Waals surface area (Å²) in [6.45, 7) is 5.03. The number of nitrogens with zero attached hydrogens (tertiary/aromatic N) is 1. The molecule has 0 aromatic heterocycles. The Morgan fingerprint density at radius 2 is 1.83 bits per heavy atom. The molecule has 3 N–H and O–H groups in total. The van der Waals surface area contributed by atoms with Gasteiger partial charge >= 0.3 is 0 Å². The molecule has 24 heavy (non-hydrogen) atoms. The Labute approximate surface area is 160 Å². The van der Waals surface area contributed by atoms with Gasteiger partial charge in [-0.2, -0.15) is 0 Å². The van der Waals surface area contributed by atoms with E-state index in [1.165, 1.54) is 5.56 Å². The number of ether oxygens (including phenoxy) is 2. The molecule has 0 spiro atoms. The Balaban J connectivity index is 0.00000288. The summed E-state index contributed by atoms with van der Waals surface area (Å²) >= 11 is 0. The lowest BCUT2D eigenvalue weighted by molar-refractivity contribution is 0.310. The highest BCUT2D eigenvalue weighted by molar-refractivity contribution is 14.0. The monoisotopic (exact) mass is 441 g/mol. The number of hydrogen-bond acceptors (Lipinski definition) is 3. The maximum atomic E-state index is 5.93. The smallest absolute Gasteiger partial charge is 0.193 e. The Morgan fingerprint density at radius 3 is 2.46 bits per heavy atom. The molecule has 0 aliphatic carbocycles. The fourth-order valence-electron chi connectivity index (χ4n) is 2.09. The van der Waals surface area contributed by atoms with Crippen molar-refractivity contribution in [3.05, 3.63) is 53.6 Å². The van der Waals surface area contributed by atoms with E-state index >= 15 is 0 Å². The van der Waals surface area contributed by atoms with Crippen molar-refractivity contribution in [3.8, 4) is 11.5 Å². The van der Waals surface area contributed by atoms with E-state index in [2.05, 4.69) is 10.3 Å². The quantitative estimate of drug-likeness (QED) is 0.405. The summed E-state index contributed by atoms with van der Waals surface area (Å²) in [7, 11) is 1.62. The van der Waals surface area contributed by atoms with Crippen molar-refractivity contribution in [2.45, 2.75) is 20.4 Å². The van der Waals surface area contributed by atoms with E-state index in [0.29, 0.717) is 30.6 Å². The van der Waals surface area contributed by atoms with E-state index in [9.17, 15) is 0 Å². The fraction of sp³-hybridized carbons (Fsp3) is 0.278. The maximum Gasteiger partial charge on any atom is 0.193 e. The number of aliphatic imine (C=N–C) groups is 1. The molecule has 0 unspecified atom stereocenters. The SMILES string of the molecule is CCOc1cc(CN=C(N)Nc2ccc(C)cc2)ccc1OC.I. The second-order valence-electron chi connectivity index (χ2n) is 5.11. The van der Waals surface area contributed by atoms with Gasteiger partial charge in [-0.05, 0) is 43.7 Å². The van der Waals surface area contributed by atoms with Crippen molar-refractivity contribution in [2.75, 3.05) is 19.0 Å². The average Bonchev–Trinajstić information content (AvgIpc) is 2.56. The molecule has 0 saturated carbocycles. The topological polar surface area (TPSA) is 68.9 Å². The number of rotatable bonds is 6. The lowest BCUT2D eigenvalue weighted by atomic mass is 10.2. The Hall–Kier alpha value is -1.96. The summed E-state index contributed by atoms with van der Waals surface area (Å²) < 4.78 is 10.8. The van der Waals surface area contributed by atoms with Crippen LogP contribution in [0.2, 0.25) is 0 Å². The van der Waals surface area contributed by atoms with Crippen LogP contribution in [0.1, 0.15) is 18.1 Å². The van der Waals surface area contributed by atoms with Crippen LogP contribution in [-0.2, 0) is 6.54 Å². The Morgan fingerprint density at radius 1 is 1.12 bits per heavy atom. The summed E-state index contributed by atoms with van der Waals surface area (Å²) in [6, 6.07) is 13.7. The molecule has 0 radical (unpaired) electrons. The molecule has 0 fully saturated rings. The first kappa shape index (κ1) is 20.1. The highest BCUT2D eigenvalue weighted by Crippen LogP contribution is 2.28. The van der Waals surface area contributed by atoms with Crippen LogP contribution in [0, 0.1) is 6.92 Å². The van der Waals surface area contributed by atoms with Crippen LogP contribution in [0.5, 0.6) is 11.5 Å². The molecule has 5 nitrogen and oxygen atoms in total. The molecular weight excluding hydrogens is 417 g/mol. The van der Waals surface area contributed by atoms with Crippen LogP contribution < -0.4 is 20.5 Å². The third-order valence-corrected chi connectivity index (χ3v) is 3.28. The van der Waals surface area contributed by atoms with E-state index in [-0.39, 0.29) is 24.0 Å². The summed E-state index contributed by atoms with van der Waals surface area (Å²) in [6.07, 6.45) is 0. The van der Waals surface area contributed by atoms with Gasteiger partial charge in [0, 0.05) is 5.69 Å². The van der Waals surface area contributed by atoms with Gasteiger partial charge in [0.25, 0.3) is 0 Å². The van der Waals surface area contributed by atoms with Gasteiger partial charge in [0.1, 0.15) is 0 Å². The minimum Gasteiger partial charge on any atom is -0.493 e. The third kappa shape index (κ3) is 5.92. The highest BCUT2D eigenvalue weighted by Gasteiger charge is 2.05. The first-order valence-corrected chi connectivity index (χ1v) is 7.55. The van der Waals surface area contributed by atoms with Gasteiger partial charge in [-0.3, -0.25) is 0 Å². The number of halogens is 1. The number of hydrogen-bond donors (Lipinski definition) is 2. The molecule has 0 aliphatic rings. The lowest BCUT2D eigenvalue weighted by Crippen LogP contribution is -2.22. The largest absolute Gasteiger partial charge is 0.493 e. The number of methoxy groups -OCH3 is 1. The molecule has 130 valence electrons. The van der Waals surface area contributed by atoms with Gasteiger partial charge in [-0.25, -0.2) is 4.99 Å². The van der Waals surface area contributed by atoms with Crippen LogP contribution in [0.15, 0.2) is 47.5 Å². The van der Waals surface area contributed by atoms with Gasteiger partial charge in [0.05, 0.1) is 20.3 Å².